The number of rotatable bonds is 4. The lowest BCUT2D eigenvalue weighted by Gasteiger charge is -2.16. The summed E-state index contributed by atoms with van der Waals surface area (Å²) in [7, 11) is 0. The van der Waals surface area contributed by atoms with Gasteiger partial charge in [0.1, 0.15) is 6.73 Å². The van der Waals surface area contributed by atoms with Crippen LogP contribution in [-0.2, 0) is 24.5 Å². The highest BCUT2D eigenvalue weighted by atomic mass is 16.5. The second-order valence-corrected chi connectivity index (χ2v) is 5.12. The van der Waals surface area contributed by atoms with Gasteiger partial charge in [-0.3, -0.25) is 0 Å². The largest absolute Gasteiger partial charge is 0.388 e. The number of benzene rings is 1. The van der Waals surface area contributed by atoms with E-state index in [0.29, 0.717) is 13.3 Å². The molecule has 0 amide bonds. The van der Waals surface area contributed by atoms with Gasteiger partial charge in [-0.1, -0.05) is 30.3 Å². The van der Waals surface area contributed by atoms with Crippen LogP contribution in [0, 0.1) is 0 Å². The molecule has 3 heteroatoms. The van der Waals surface area contributed by atoms with Gasteiger partial charge in [-0.2, -0.15) is 0 Å². The average Bonchev–Trinajstić information content (AvgIpc) is 2.84. The fraction of sp³-hybridized carbons (Fsp3) is 0.375. The molecule has 1 aliphatic carbocycles. The molecule has 2 aromatic rings. The topological polar surface area (TPSA) is 34.4 Å². The molecule has 0 aliphatic heterocycles. The van der Waals surface area contributed by atoms with Gasteiger partial charge in [0.05, 0.1) is 12.7 Å². The molecular weight excluding hydrogens is 238 g/mol. The number of hydrogen-bond acceptors (Lipinski definition) is 2. The first-order valence-corrected chi connectivity index (χ1v) is 6.81. The van der Waals surface area contributed by atoms with Gasteiger partial charge in [-0.05, 0) is 30.4 Å². The Kier molecular flexibility index (Phi) is 3.67. The van der Waals surface area contributed by atoms with Gasteiger partial charge in [0.2, 0.25) is 0 Å². The highest BCUT2D eigenvalue weighted by molar-refractivity contribution is 5.28. The summed E-state index contributed by atoms with van der Waals surface area (Å²) in [5, 5.41) is 9.92. The Bertz CT molecular complexity index is 533. The molecule has 1 N–H and O–H groups in total. The average molecular weight is 257 g/mol. The Morgan fingerprint density at radius 2 is 2.05 bits per heavy atom. The van der Waals surface area contributed by atoms with Crippen LogP contribution in [0.4, 0.5) is 0 Å². The van der Waals surface area contributed by atoms with Gasteiger partial charge >= 0.3 is 0 Å². The minimum atomic E-state index is -0.292. The number of fused-ring (bicyclic) bond motifs is 1. The van der Waals surface area contributed by atoms with Crippen LogP contribution in [-0.4, -0.2) is 9.67 Å². The van der Waals surface area contributed by atoms with Crippen molar-refractivity contribution < 1.29 is 9.84 Å². The number of aromatic nitrogens is 1. The van der Waals surface area contributed by atoms with E-state index in [2.05, 4.69) is 18.3 Å². The van der Waals surface area contributed by atoms with E-state index in [1.807, 2.05) is 29.0 Å². The summed E-state index contributed by atoms with van der Waals surface area (Å²) in [6.45, 7) is 1.15. The Balaban J connectivity index is 1.59. The van der Waals surface area contributed by atoms with Crippen molar-refractivity contribution in [2.75, 3.05) is 0 Å². The van der Waals surface area contributed by atoms with E-state index in [1.165, 1.54) is 11.1 Å². The van der Waals surface area contributed by atoms with Gasteiger partial charge in [-0.15, -0.1) is 0 Å². The maximum Gasteiger partial charge on any atom is 0.122 e. The van der Waals surface area contributed by atoms with Gasteiger partial charge in [-0.25, -0.2) is 0 Å². The molecule has 3 rings (SSSR count). The van der Waals surface area contributed by atoms with Crippen molar-refractivity contribution in [2.24, 2.45) is 0 Å². The summed E-state index contributed by atoms with van der Waals surface area (Å²) in [6, 6.07) is 10.2. The number of aliphatic hydroxyl groups is 1. The molecule has 1 aromatic carbocycles. The zero-order valence-corrected chi connectivity index (χ0v) is 11.0. The third-order valence-electron chi connectivity index (χ3n) is 3.63. The predicted octanol–water partition coefficient (Wildman–Crippen LogP) is 3.03. The number of aliphatic hydroxyl groups excluding tert-OH is 1. The van der Waals surface area contributed by atoms with E-state index in [9.17, 15) is 5.11 Å². The zero-order valence-electron chi connectivity index (χ0n) is 11.0. The van der Waals surface area contributed by atoms with Gasteiger partial charge in [0.15, 0.2) is 0 Å². The fourth-order valence-electron chi connectivity index (χ4n) is 2.64. The molecule has 3 nitrogen and oxygen atoms in total. The minimum absolute atomic E-state index is 0.292. The standard InChI is InChI=1S/C16H19NO2/c18-16-8-4-7-14-9-17(10-15(14)16)12-19-11-13-5-2-1-3-6-13/h1-3,5-6,9-10,16,18H,4,7-8,11-12H2. The molecule has 1 aromatic heterocycles. The van der Waals surface area contributed by atoms with E-state index >= 15 is 0 Å². The summed E-state index contributed by atoms with van der Waals surface area (Å²) in [5.74, 6) is 0. The van der Waals surface area contributed by atoms with Crippen molar-refractivity contribution >= 4 is 0 Å². The van der Waals surface area contributed by atoms with Crippen molar-refractivity contribution in [3.05, 3.63) is 59.4 Å². The highest BCUT2D eigenvalue weighted by Crippen LogP contribution is 2.30. The monoisotopic (exact) mass is 257 g/mol. The van der Waals surface area contributed by atoms with Crippen molar-refractivity contribution in [1.29, 1.82) is 0 Å². The minimum Gasteiger partial charge on any atom is -0.388 e. The summed E-state index contributed by atoms with van der Waals surface area (Å²) in [4.78, 5) is 0. The molecule has 0 saturated heterocycles. The fourth-order valence-corrected chi connectivity index (χ4v) is 2.64. The third-order valence-corrected chi connectivity index (χ3v) is 3.63. The molecule has 1 unspecified atom stereocenters. The Hall–Kier alpha value is -1.58. The second kappa shape index (κ2) is 5.59. The predicted molar refractivity (Wildman–Crippen MR) is 73.6 cm³/mol. The molecule has 1 heterocycles. The molecule has 0 bridgehead atoms. The lowest BCUT2D eigenvalue weighted by Crippen LogP contribution is -2.05. The molecule has 0 radical (unpaired) electrons. The Labute approximate surface area is 113 Å². The second-order valence-electron chi connectivity index (χ2n) is 5.12. The molecule has 1 aliphatic rings. The lowest BCUT2D eigenvalue weighted by molar-refractivity contribution is 0.0639. The zero-order chi connectivity index (χ0) is 13.1. The molecule has 0 spiro atoms. The number of ether oxygens (including phenoxy) is 1. The van der Waals surface area contributed by atoms with Crippen molar-refractivity contribution in [1.82, 2.24) is 4.57 Å². The van der Waals surface area contributed by atoms with E-state index in [1.54, 1.807) is 0 Å². The molecule has 100 valence electrons. The summed E-state index contributed by atoms with van der Waals surface area (Å²) < 4.78 is 7.73. The van der Waals surface area contributed by atoms with Crippen LogP contribution in [0.1, 0.15) is 35.6 Å². The highest BCUT2D eigenvalue weighted by Gasteiger charge is 2.19. The quantitative estimate of drug-likeness (QED) is 0.913. The first kappa shape index (κ1) is 12.5. The van der Waals surface area contributed by atoms with Gasteiger partial charge in [0, 0.05) is 18.0 Å². The smallest absolute Gasteiger partial charge is 0.122 e. The molecule has 19 heavy (non-hydrogen) atoms. The van der Waals surface area contributed by atoms with E-state index in [-0.39, 0.29) is 6.10 Å². The van der Waals surface area contributed by atoms with Crippen LogP contribution >= 0.6 is 0 Å². The van der Waals surface area contributed by atoms with Crippen molar-refractivity contribution in [3.63, 3.8) is 0 Å². The molecule has 0 fully saturated rings. The normalized spacial score (nSPS) is 18.3. The first-order valence-electron chi connectivity index (χ1n) is 6.81. The first-order chi connectivity index (χ1) is 9.33. The summed E-state index contributed by atoms with van der Waals surface area (Å²) in [5.41, 5.74) is 3.52. The van der Waals surface area contributed by atoms with Crippen molar-refractivity contribution in [2.45, 2.75) is 38.7 Å². The molecule has 0 saturated carbocycles. The number of nitrogens with zero attached hydrogens (tertiary/aromatic N) is 1. The van der Waals surface area contributed by atoms with Crippen LogP contribution in [0.3, 0.4) is 0 Å². The van der Waals surface area contributed by atoms with Crippen LogP contribution in [0.15, 0.2) is 42.7 Å². The molecular formula is C16H19NO2. The van der Waals surface area contributed by atoms with E-state index in [0.717, 1.165) is 24.8 Å². The third kappa shape index (κ3) is 2.88. The maximum absolute atomic E-state index is 9.92. The van der Waals surface area contributed by atoms with Crippen LogP contribution in [0.25, 0.3) is 0 Å². The van der Waals surface area contributed by atoms with E-state index < -0.39 is 0 Å². The van der Waals surface area contributed by atoms with Crippen LogP contribution in [0.2, 0.25) is 0 Å². The Morgan fingerprint density at radius 3 is 2.84 bits per heavy atom. The summed E-state index contributed by atoms with van der Waals surface area (Å²) in [6.07, 6.45) is 6.84. The van der Waals surface area contributed by atoms with E-state index in [4.69, 9.17) is 4.74 Å². The number of hydrogen-bond donors (Lipinski definition) is 1. The van der Waals surface area contributed by atoms with Crippen LogP contribution in [0.5, 0.6) is 0 Å². The lowest BCUT2D eigenvalue weighted by atomic mass is 9.93. The Morgan fingerprint density at radius 1 is 1.21 bits per heavy atom. The SMILES string of the molecule is OC1CCCc2cn(COCc3ccccc3)cc21. The number of aryl methyl sites for hydroxylation is 1. The maximum atomic E-state index is 9.92. The van der Waals surface area contributed by atoms with Gasteiger partial charge in [0.25, 0.3) is 0 Å². The summed E-state index contributed by atoms with van der Waals surface area (Å²) >= 11 is 0. The van der Waals surface area contributed by atoms with Crippen molar-refractivity contribution in [3.8, 4) is 0 Å². The van der Waals surface area contributed by atoms with Gasteiger partial charge < -0.3 is 14.4 Å². The van der Waals surface area contributed by atoms with Crippen LogP contribution < -0.4 is 0 Å². The molecule has 1 atom stereocenters.